The molecule has 18 heavy (non-hydrogen) atoms. The molecule has 1 aromatic heterocycles. The van der Waals surface area contributed by atoms with Gasteiger partial charge in [-0.3, -0.25) is 5.84 Å². The number of nitrogens with zero attached hydrogens (tertiary/aromatic N) is 2. The van der Waals surface area contributed by atoms with E-state index in [2.05, 4.69) is 16.5 Å². The minimum absolute atomic E-state index is 0.594. The van der Waals surface area contributed by atoms with E-state index in [1.165, 1.54) is 0 Å². The molecule has 3 aromatic rings. The summed E-state index contributed by atoms with van der Waals surface area (Å²) >= 11 is 0. The average molecular weight is 234 g/mol. The second-order valence-electron chi connectivity index (χ2n) is 3.99. The zero-order valence-corrected chi connectivity index (χ0v) is 9.51. The van der Waals surface area contributed by atoms with Gasteiger partial charge >= 0.3 is 0 Å². The van der Waals surface area contributed by atoms with Crippen LogP contribution in [0.1, 0.15) is 5.56 Å². The Morgan fingerprint density at radius 3 is 2.61 bits per heavy atom. The van der Waals surface area contributed by atoms with E-state index >= 15 is 0 Å². The van der Waals surface area contributed by atoms with Crippen molar-refractivity contribution in [2.24, 2.45) is 5.84 Å². The molecule has 2 aromatic carbocycles. The van der Waals surface area contributed by atoms with Crippen LogP contribution in [0.3, 0.4) is 0 Å². The number of hydrogen-bond acceptors (Lipinski definition) is 4. The summed E-state index contributed by atoms with van der Waals surface area (Å²) in [6.45, 7) is 0. The number of benzene rings is 2. The molecule has 0 saturated carbocycles. The van der Waals surface area contributed by atoms with Gasteiger partial charge < -0.3 is 5.43 Å². The minimum Gasteiger partial charge on any atom is -0.323 e. The zero-order valence-electron chi connectivity index (χ0n) is 9.51. The number of nitriles is 1. The van der Waals surface area contributed by atoms with Gasteiger partial charge in [0.1, 0.15) is 0 Å². The van der Waals surface area contributed by atoms with Crippen molar-refractivity contribution in [3.63, 3.8) is 0 Å². The molecule has 4 nitrogen and oxygen atoms in total. The molecule has 3 rings (SSSR count). The molecular weight excluding hydrogens is 224 g/mol. The predicted octanol–water partition coefficient (Wildman–Crippen LogP) is 2.55. The van der Waals surface area contributed by atoms with Gasteiger partial charge in [0.05, 0.1) is 28.4 Å². The summed E-state index contributed by atoms with van der Waals surface area (Å²) in [7, 11) is 0. The molecule has 0 saturated heterocycles. The first kappa shape index (κ1) is 10.5. The number of rotatable bonds is 1. The highest BCUT2D eigenvalue weighted by molar-refractivity contribution is 6.07. The SMILES string of the molecule is N#Cc1ccc2nc3ccccc3c(NN)c2c1. The summed E-state index contributed by atoms with van der Waals surface area (Å²) in [6, 6.07) is 15.3. The molecule has 0 unspecified atom stereocenters. The number of nitrogen functional groups attached to an aromatic ring is 1. The molecule has 0 spiro atoms. The lowest BCUT2D eigenvalue weighted by molar-refractivity contribution is 1.37. The van der Waals surface area contributed by atoms with Crippen LogP contribution in [0.2, 0.25) is 0 Å². The first-order valence-corrected chi connectivity index (χ1v) is 5.52. The van der Waals surface area contributed by atoms with E-state index in [9.17, 15) is 0 Å². The summed E-state index contributed by atoms with van der Waals surface area (Å²) in [5, 5.41) is 10.8. The van der Waals surface area contributed by atoms with Crippen molar-refractivity contribution >= 4 is 27.5 Å². The van der Waals surface area contributed by atoms with Crippen LogP contribution in [-0.2, 0) is 0 Å². The second-order valence-corrected chi connectivity index (χ2v) is 3.99. The number of fused-ring (bicyclic) bond motifs is 2. The lowest BCUT2D eigenvalue weighted by atomic mass is 10.1. The van der Waals surface area contributed by atoms with Crippen molar-refractivity contribution < 1.29 is 0 Å². The fourth-order valence-electron chi connectivity index (χ4n) is 2.12. The Morgan fingerprint density at radius 2 is 1.83 bits per heavy atom. The van der Waals surface area contributed by atoms with Crippen LogP contribution in [0.4, 0.5) is 5.69 Å². The third-order valence-corrected chi connectivity index (χ3v) is 2.95. The van der Waals surface area contributed by atoms with Crippen molar-refractivity contribution in [2.75, 3.05) is 5.43 Å². The van der Waals surface area contributed by atoms with Crippen LogP contribution in [0.5, 0.6) is 0 Å². The molecule has 0 aliphatic rings. The van der Waals surface area contributed by atoms with E-state index in [-0.39, 0.29) is 0 Å². The van der Waals surface area contributed by atoms with E-state index < -0.39 is 0 Å². The van der Waals surface area contributed by atoms with Gasteiger partial charge in [-0.15, -0.1) is 0 Å². The molecule has 0 fully saturated rings. The summed E-state index contributed by atoms with van der Waals surface area (Å²) in [5.41, 5.74) is 5.80. The van der Waals surface area contributed by atoms with Crippen molar-refractivity contribution in [3.05, 3.63) is 48.0 Å². The van der Waals surface area contributed by atoms with Crippen molar-refractivity contribution in [2.45, 2.75) is 0 Å². The standard InChI is InChI=1S/C14H10N4/c15-8-9-5-6-13-11(7-9)14(18-16)10-3-1-2-4-12(10)17-13/h1-7H,16H2,(H,17,18). The third-order valence-electron chi connectivity index (χ3n) is 2.95. The molecule has 0 aliphatic heterocycles. The number of nitrogens with two attached hydrogens (primary N) is 1. The van der Waals surface area contributed by atoms with E-state index in [0.29, 0.717) is 5.56 Å². The van der Waals surface area contributed by atoms with Gasteiger partial charge in [0.2, 0.25) is 0 Å². The summed E-state index contributed by atoms with van der Waals surface area (Å²) < 4.78 is 0. The quantitative estimate of drug-likeness (QED) is 0.385. The van der Waals surface area contributed by atoms with Crippen molar-refractivity contribution in [1.82, 2.24) is 4.98 Å². The molecule has 0 aliphatic carbocycles. The number of hydrazine groups is 1. The number of anilines is 1. The van der Waals surface area contributed by atoms with E-state index in [4.69, 9.17) is 11.1 Å². The van der Waals surface area contributed by atoms with Crippen molar-refractivity contribution in [1.29, 1.82) is 5.26 Å². The van der Waals surface area contributed by atoms with E-state index in [1.807, 2.05) is 30.3 Å². The number of nitrogens with one attached hydrogen (secondary N) is 1. The topological polar surface area (TPSA) is 74.7 Å². The molecule has 3 N–H and O–H groups in total. The highest BCUT2D eigenvalue weighted by atomic mass is 15.2. The van der Waals surface area contributed by atoms with Crippen LogP contribution in [0, 0.1) is 11.3 Å². The monoisotopic (exact) mass is 234 g/mol. The van der Waals surface area contributed by atoms with Gasteiger partial charge in [-0.2, -0.15) is 5.26 Å². The summed E-state index contributed by atoms with van der Waals surface area (Å²) in [6.07, 6.45) is 0. The first-order valence-electron chi connectivity index (χ1n) is 5.52. The van der Waals surface area contributed by atoms with Gasteiger partial charge in [-0.05, 0) is 24.3 Å². The Bertz CT molecular complexity index is 787. The maximum Gasteiger partial charge on any atom is 0.0991 e. The smallest absolute Gasteiger partial charge is 0.0991 e. The number of aromatic nitrogens is 1. The number of hydrogen-bond donors (Lipinski definition) is 2. The average Bonchev–Trinajstić information content (AvgIpc) is 2.44. The highest BCUT2D eigenvalue weighted by Crippen LogP contribution is 2.30. The predicted molar refractivity (Wildman–Crippen MR) is 71.8 cm³/mol. The largest absolute Gasteiger partial charge is 0.323 e. The van der Waals surface area contributed by atoms with E-state index in [0.717, 1.165) is 27.5 Å². The van der Waals surface area contributed by atoms with Crippen LogP contribution in [0.15, 0.2) is 42.5 Å². The lowest BCUT2D eigenvalue weighted by Gasteiger charge is -2.09. The lowest BCUT2D eigenvalue weighted by Crippen LogP contribution is -2.08. The van der Waals surface area contributed by atoms with Crippen LogP contribution in [0.25, 0.3) is 21.8 Å². The molecule has 0 amide bonds. The van der Waals surface area contributed by atoms with E-state index in [1.54, 1.807) is 12.1 Å². The van der Waals surface area contributed by atoms with Crippen LogP contribution in [-0.4, -0.2) is 4.98 Å². The Balaban J connectivity index is 2.51. The Labute approximate surface area is 104 Å². The minimum atomic E-state index is 0.594. The van der Waals surface area contributed by atoms with Gasteiger partial charge in [0.25, 0.3) is 0 Å². The second kappa shape index (κ2) is 3.99. The highest BCUT2D eigenvalue weighted by Gasteiger charge is 2.08. The normalized spacial score (nSPS) is 10.4. The van der Waals surface area contributed by atoms with Gasteiger partial charge in [0.15, 0.2) is 0 Å². The van der Waals surface area contributed by atoms with Gasteiger partial charge in [0, 0.05) is 10.8 Å². The fourth-order valence-corrected chi connectivity index (χ4v) is 2.12. The molecule has 4 heteroatoms. The third kappa shape index (κ3) is 1.46. The molecule has 0 radical (unpaired) electrons. The first-order chi connectivity index (χ1) is 8.83. The molecule has 0 bridgehead atoms. The summed E-state index contributed by atoms with van der Waals surface area (Å²) in [4.78, 5) is 4.56. The molecule has 86 valence electrons. The Morgan fingerprint density at radius 1 is 1.06 bits per heavy atom. The van der Waals surface area contributed by atoms with Gasteiger partial charge in [-0.25, -0.2) is 4.98 Å². The fraction of sp³-hybridized carbons (Fsp3) is 0. The number of pyridine rings is 1. The molecule has 0 atom stereocenters. The summed E-state index contributed by atoms with van der Waals surface area (Å²) in [5.74, 6) is 5.61. The van der Waals surface area contributed by atoms with Gasteiger partial charge in [-0.1, -0.05) is 18.2 Å². The van der Waals surface area contributed by atoms with Crippen LogP contribution >= 0.6 is 0 Å². The Kier molecular flexibility index (Phi) is 2.33. The Hall–Kier alpha value is -2.64. The number of para-hydroxylation sites is 1. The van der Waals surface area contributed by atoms with Crippen molar-refractivity contribution in [3.8, 4) is 6.07 Å². The zero-order chi connectivity index (χ0) is 12.5. The molecular formula is C14H10N4. The van der Waals surface area contributed by atoms with Crippen LogP contribution < -0.4 is 11.3 Å². The maximum absolute atomic E-state index is 8.95. The molecule has 1 heterocycles. The maximum atomic E-state index is 8.95.